The molecule has 0 saturated heterocycles. The van der Waals surface area contributed by atoms with Crippen molar-refractivity contribution in [1.29, 1.82) is 0 Å². The summed E-state index contributed by atoms with van der Waals surface area (Å²) in [5.41, 5.74) is 2.81. The molecule has 0 aromatic heterocycles. The summed E-state index contributed by atoms with van der Waals surface area (Å²) in [6.45, 7) is 6.49. The van der Waals surface area contributed by atoms with Gasteiger partial charge in [-0.1, -0.05) is 54.0 Å². The zero-order valence-electron chi connectivity index (χ0n) is 12.5. The lowest BCUT2D eigenvalue weighted by atomic mass is 9.70. The molecule has 110 valence electrons. The predicted octanol–water partition coefficient (Wildman–Crippen LogP) is 4.81. The maximum atomic E-state index is 10.8. The molecule has 0 spiro atoms. The van der Waals surface area contributed by atoms with Crippen LogP contribution in [0.25, 0.3) is 0 Å². The highest BCUT2D eigenvalue weighted by Crippen LogP contribution is 2.46. The van der Waals surface area contributed by atoms with Crippen LogP contribution in [0.3, 0.4) is 0 Å². The van der Waals surface area contributed by atoms with Crippen LogP contribution in [0.15, 0.2) is 24.3 Å². The second kappa shape index (κ2) is 6.30. The third-order valence-electron chi connectivity index (χ3n) is 4.28. The van der Waals surface area contributed by atoms with Crippen LogP contribution in [0.2, 0.25) is 0 Å². The molecule has 1 aliphatic carbocycles. The Balaban J connectivity index is 2.01. The van der Waals surface area contributed by atoms with Crippen molar-refractivity contribution in [1.82, 2.24) is 0 Å². The van der Waals surface area contributed by atoms with E-state index < -0.39 is 0 Å². The van der Waals surface area contributed by atoms with Crippen LogP contribution in [0.5, 0.6) is 0 Å². The van der Waals surface area contributed by atoms with Gasteiger partial charge in [-0.05, 0) is 41.7 Å². The van der Waals surface area contributed by atoms with Crippen molar-refractivity contribution < 1.29 is 9.53 Å². The summed E-state index contributed by atoms with van der Waals surface area (Å²) in [4.78, 5) is 11.4. The Kier molecular flexibility index (Phi) is 4.90. The number of esters is 1. The van der Waals surface area contributed by atoms with Gasteiger partial charge in [-0.15, -0.1) is 0 Å². The van der Waals surface area contributed by atoms with Gasteiger partial charge in [0.1, 0.15) is 6.61 Å². The molecule has 2 nitrogen and oxygen atoms in total. The topological polar surface area (TPSA) is 26.3 Å². The molecule has 1 saturated carbocycles. The highest BCUT2D eigenvalue weighted by molar-refractivity contribution is 9.09. The quantitative estimate of drug-likeness (QED) is 0.584. The number of alkyl halides is 1. The number of hydrogen-bond donors (Lipinski definition) is 0. The van der Waals surface area contributed by atoms with Crippen molar-refractivity contribution in [3.63, 3.8) is 0 Å². The SMILES string of the molecule is CC(=O)OCc1ccc([C@H]2CC[C@H](Br)C(C)(C)C2)cc1. The zero-order chi connectivity index (χ0) is 14.8. The fourth-order valence-electron chi connectivity index (χ4n) is 2.96. The number of carbonyl (C=O) groups excluding carboxylic acids is 1. The van der Waals surface area contributed by atoms with E-state index in [0.717, 1.165) is 5.56 Å². The second-order valence-corrected chi connectivity index (χ2v) is 7.56. The number of ether oxygens (including phenoxy) is 1. The van der Waals surface area contributed by atoms with Crippen LogP contribution in [0.1, 0.15) is 57.1 Å². The first-order valence-electron chi connectivity index (χ1n) is 7.25. The van der Waals surface area contributed by atoms with E-state index in [-0.39, 0.29) is 5.97 Å². The Morgan fingerprint density at radius 3 is 2.50 bits per heavy atom. The van der Waals surface area contributed by atoms with E-state index in [1.807, 2.05) is 0 Å². The van der Waals surface area contributed by atoms with Crippen LogP contribution in [0, 0.1) is 5.41 Å². The van der Waals surface area contributed by atoms with Crippen molar-refractivity contribution in [2.45, 2.75) is 57.4 Å². The average Bonchev–Trinajstić information content (AvgIpc) is 2.40. The maximum absolute atomic E-state index is 10.8. The minimum absolute atomic E-state index is 0.230. The summed E-state index contributed by atoms with van der Waals surface area (Å²) in [5.74, 6) is 0.410. The molecule has 0 radical (unpaired) electrons. The van der Waals surface area contributed by atoms with Gasteiger partial charge in [0.25, 0.3) is 0 Å². The second-order valence-electron chi connectivity index (χ2n) is 6.46. The van der Waals surface area contributed by atoms with Crippen LogP contribution in [-0.2, 0) is 16.1 Å². The van der Waals surface area contributed by atoms with Gasteiger partial charge in [0.2, 0.25) is 0 Å². The van der Waals surface area contributed by atoms with E-state index in [1.165, 1.54) is 31.7 Å². The van der Waals surface area contributed by atoms with E-state index >= 15 is 0 Å². The van der Waals surface area contributed by atoms with Gasteiger partial charge in [-0.25, -0.2) is 0 Å². The molecule has 2 atom stereocenters. The third kappa shape index (κ3) is 3.85. The molecule has 1 aliphatic rings. The van der Waals surface area contributed by atoms with Gasteiger partial charge in [0.05, 0.1) is 0 Å². The molecule has 2 rings (SSSR count). The monoisotopic (exact) mass is 338 g/mol. The number of benzene rings is 1. The molecule has 1 aromatic rings. The molecule has 3 heteroatoms. The Morgan fingerprint density at radius 1 is 1.30 bits per heavy atom. The lowest BCUT2D eigenvalue weighted by Crippen LogP contribution is -2.31. The standard InChI is InChI=1S/C17H23BrO2/c1-12(19)20-11-13-4-6-14(7-5-13)15-8-9-16(18)17(2,3)10-15/h4-7,15-16H,8-11H2,1-3H3/t15-,16-/m0/s1. The summed E-state index contributed by atoms with van der Waals surface area (Å²) in [6.07, 6.45) is 3.68. The smallest absolute Gasteiger partial charge is 0.302 e. The molecule has 0 unspecified atom stereocenters. The molecule has 20 heavy (non-hydrogen) atoms. The highest BCUT2D eigenvalue weighted by Gasteiger charge is 2.35. The van der Waals surface area contributed by atoms with E-state index in [2.05, 4.69) is 54.0 Å². The molecule has 0 bridgehead atoms. The van der Waals surface area contributed by atoms with Crippen molar-refractivity contribution in [3.8, 4) is 0 Å². The van der Waals surface area contributed by atoms with Gasteiger partial charge >= 0.3 is 5.97 Å². The molecule has 0 heterocycles. The van der Waals surface area contributed by atoms with Crippen molar-refractivity contribution in [2.75, 3.05) is 0 Å². The zero-order valence-corrected chi connectivity index (χ0v) is 14.1. The first-order chi connectivity index (χ1) is 9.38. The predicted molar refractivity (Wildman–Crippen MR) is 85.0 cm³/mol. The fourth-order valence-corrected chi connectivity index (χ4v) is 3.41. The Hall–Kier alpha value is -0.830. The van der Waals surface area contributed by atoms with E-state index in [9.17, 15) is 4.79 Å². The summed E-state index contributed by atoms with van der Waals surface area (Å²) in [7, 11) is 0. The van der Waals surface area contributed by atoms with Crippen molar-refractivity contribution in [2.24, 2.45) is 5.41 Å². The normalized spacial score (nSPS) is 25.2. The van der Waals surface area contributed by atoms with Crippen molar-refractivity contribution >= 4 is 21.9 Å². The summed E-state index contributed by atoms with van der Waals surface area (Å²) in [5, 5.41) is 0. The molecule has 0 aliphatic heterocycles. The van der Waals surface area contributed by atoms with Crippen LogP contribution < -0.4 is 0 Å². The molecular weight excluding hydrogens is 316 g/mol. The average molecular weight is 339 g/mol. The van der Waals surface area contributed by atoms with E-state index in [1.54, 1.807) is 0 Å². The third-order valence-corrected chi connectivity index (χ3v) is 5.98. The summed E-state index contributed by atoms with van der Waals surface area (Å²) >= 11 is 3.81. The van der Waals surface area contributed by atoms with Gasteiger partial charge in [-0.3, -0.25) is 4.79 Å². The lowest BCUT2D eigenvalue weighted by molar-refractivity contribution is -0.142. The number of carbonyl (C=O) groups is 1. The maximum Gasteiger partial charge on any atom is 0.302 e. The van der Waals surface area contributed by atoms with Crippen LogP contribution in [0.4, 0.5) is 0 Å². The first-order valence-corrected chi connectivity index (χ1v) is 8.16. The van der Waals surface area contributed by atoms with Crippen LogP contribution >= 0.6 is 15.9 Å². The molecular formula is C17H23BrO2. The Labute approximate surface area is 130 Å². The lowest BCUT2D eigenvalue weighted by Gasteiger charge is -2.40. The van der Waals surface area contributed by atoms with Gasteiger partial charge in [0, 0.05) is 11.8 Å². The molecule has 1 fully saturated rings. The Bertz CT molecular complexity index is 464. The number of halogens is 1. The number of rotatable bonds is 3. The van der Waals surface area contributed by atoms with Crippen LogP contribution in [-0.4, -0.2) is 10.8 Å². The summed E-state index contributed by atoms with van der Waals surface area (Å²) in [6, 6.07) is 8.53. The first kappa shape index (κ1) is 15.6. The largest absolute Gasteiger partial charge is 0.461 e. The van der Waals surface area contributed by atoms with Gasteiger partial charge in [-0.2, -0.15) is 0 Å². The van der Waals surface area contributed by atoms with E-state index in [0.29, 0.717) is 22.8 Å². The molecule has 0 N–H and O–H groups in total. The fraction of sp³-hybridized carbons (Fsp3) is 0.588. The van der Waals surface area contributed by atoms with E-state index in [4.69, 9.17) is 4.74 Å². The van der Waals surface area contributed by atoms with Crippen molar-refractivity contribution in [3.05, 3.63) is 35.4 Å². The summed E-state index contributed by atoms with van der Waals surface area (Å²) < 4.78 is 5.02. The molecule has 0 amide bonds. The number of hydrogen-bond acceptors (Lipinski definition) is 2. The molecule has 1 aromatic carbocycles. The minimum Gasteiger partial charge on any atom is -0.461 e. The van der Waals surface area contributed by atoms with Gasteiger partial charge < -0.3 is 4.74 Å². The highest BCUT2D eigenvalue weighted by atomic mass is 79.9. The minimum atomic E-state index is -0.230. The van der Waals surface area contributed by atoms with Gasteiger partial charge in [0.15, 0.2) is 0 Å². The Morgan fingerprint density at radius 2 is 1.95 bits per heavy atom.